The number of benzene rings is 1. The van der Waals surface area contributed by atoms with Crippen LogP contribution in [0.5, 0.6) is 0 Å². The average Bonchev–Trinajstić information content (AvgIpc) is 2.90. The lowest BCUT2D eigenvalue weighted by atomic mass is 10.1. The maximum atomic E-state index is 13.7. The van der Waals surface area contributed by atoms with Crippen LogP contribution in [0.15, 0.2) is 18.2 Å². The quantitative estimate of drug-likeness (QED) is 0.472. The van der Waals surface area contributed by atoms with Crippen LogP contribution in [0.2, 0.25) is 0 Å². The number of hydrogen-bond acceptors (Lipinski definition) is 4. The number of halogens is 6. The molecular weight excluding hydrogens is 396 g/mol. The standard InChI is InChI=1S/C16H9F6N3OS/c1-5-4-6(16(20,21)22)9-12(23)13(27-15(9)24-5)14(26)25-8-3-2-7(17)10(18)11(8)19/h2-4H,23H2,1H3,(H,25,26). The first-order valence-corrected chi connectivity index (χ1v) is 8.04. The monoisotopic (exact) mass is 405 g/mol. The highest BCUT2D eigenvalue weighted by Gasteiger charge is 2.36. The van der Waals surface area contributed by atoms with Crippen molar-refractivity contribution >= 4 is 38.8 Å². The highest BCUT2D eigenvalue weighted by Crippen LogP contribution is 2.42. The number of nitrogens with one attached hydrogen (secondary N) is 1. The van der Waals surface area contributed by atoms with E-state index < -0.39 is 51.9 Å². The van der Waals surface area contributed by atoms with Crippen LogP contribution in [0.3, 0.4) is 0 Å². The molecule has 4 nitrogen and oxygen atoms in total. The Morgan fingerprint density at radius 1 is 1.19 bits per heavy atom. The molecule has 0 radical (unpaired) electrons. The third-order valence-corrected chi connectivity index (χ3v) is 4.72. The molecule has 0 aliphatic heterocycles. The van der Waals surface area contributed by atoms with Gasteiger partial charge in [0.25, 0.3) is 5.91 Å². The highest BCUT2D eigenvalue weighted by molar-refractivity contribution is 7.21. The molecule has 0 atom stereocenters. The van der Waals surface area contributed by atoms with Crippen LogP contribution in [0.4, 0.5) is 37.7 Å². The molecule has 1 amide bonds. The summed E-state index contributed by atoms with van der Waals surface area (Å²) in [6, 6.07) is 2.16. The smallest absolute Gasteiger partial charge is 0.397 e. The van der Waals surface area contributed by atoms with E-state index in [4.69, 9.17) is 5.73 Å². The number of hydrogen-bond donors (Lipinski definition) is 2. The van der Waals surface area contributed by atoms with Gasteiger partial charge in [-0.2, -0.15) is 13.2 Å². The van der Waals surface area contributed by atoms with Crippen LogP contribution in [0.1, 0.15) is 20.9 Å². The number of carbonyl (C=O) groups excluding carboxylic acids is 1. The predicted molar refractivity (Wildman–Crippen MR) is 88.0 cm³/mol. The number of nitrogens with two attached hydrogens (primary N) is 1. The molecule has 0 unspecified atom stereocenters. The van der Waals surface area contributed by atoms with E-state index in [0.717, 1.165) is 12.1 Å². The summed E-state index contributed by atoms with van der Waals surface area (Å²) in [6.07, 6.45) is -4.74. The highest BCUT2D eigenvalue weighted by atomic mass is 32.1. The number of aromatic nitrogens is 1. The minimum absolute atomic E-state index is 0.0645. The summed E-state index contributed by atoms with van der Waals surface area (Å²) < 4.78 is 79.7. The second-order valence-electron chi connectivity index (χ2n) is 5.51. The SMILES string of the molecule is Cc1cc(C(F)(F)F)c2c(N)c(C(=O)Nc3ccc(F)c(F)c3F)sc2n1. The average molecular weight is 405 g/mol. The fourth-order valence-corrected chi connectivity index (χ4v) is 3.50. The number of fused-ring (bicyclic) bond motifs is 1. The van der Waals surface area contributed by atoms with E-state index in [1.165, 1.54) is 6.92 Å². The molecule has 142 valence electrons. The normalized spacial score (nSPS) is 11.8. The zero-order valence-electron chi connectivity index (χ0n) is 13.3. The molecule has 0 saturated heterocycles. The van der Waals surface area contributed by atoms with E-state index in [1.807, 2.05) is 5.32 Å². The summed E-state index contributed by atoms with van der Waals surface area (Å²) in [5.41, 5.74) is 3.55. The Morgan fingerprint density at radius 2 is 1.85 bits per heavy atom. The number of anilines is 2. The van der Waals surface area contributed by atoms with Crippen molar-refractivity contribution in [2.45, 2.75) is 13.1 Å². The Labute approximate surface area is 151 Å². The number of thiophene rings is 1. The second kappa shape index (κ2) is 6.41. The molecular formula is C16H9F6N3OS. The van der Waals surface area contributed by atoms with Crippen molar-refractivity contribution in [3.8, 4) is 0 Å². The van der Waals surface area contributed by atoms with E-state index in [9.17, 15) is 31.1 Å². The van der Waals surface area contributed by atoms with Gasteiger partial charge in [-0.3, -0.25) is 4.79 Å². The van der Waals surface area contributed by atoms with Gasteiger partial charge in [0.05, 0.1) is 16.9 Å². The van der Waals surface area contributed by atoms with Gasteiger partial charge in [0.1, 0.15) is 9.71 Å². The zero-order chi connectivity index (χ0) is 20.1. The van der Waals surface area contributed by atoms with Gasteiger partial charge >= 0.3 is 6.18 Å². The third-order valence-electron chi connectivity index (χ3n) is 3.62. The molecule has 3 aromatic rings. The fourth-order valence-electron chi connectivity index (χ4n) is 2.44. The topological polar surface area (TPSA) is 68.0 Å². The van der Waals surface area contributed by atoms with E-state index in [0.29, 0.717) is 17.4 Å². The van der Waals surface area contributed by atoms with Gasteiger partial charge in [-0.05, 0) is 25.1 Å². The molecule has 0 bridgehead atoms. The Morgan fingerprint density at radius 3 is 2.48 bits per heavy atom. The lowest BCUT2D eigenvalue weighted by molar-refractivity contribution is -0.136. The number of nitrogens with zero attached hydrogens (tertiary/aromatic N) is 1. The zero-order valence-corrected chi connectivity index (χ0v) is 14.2. The summed E-state index contributed by atoms with van der Waals surface area (Å²) in [7, 11) is 0. The van der Waals surface area contributed by atoms with Crippen LogP contribution in [-0.2, 0) is 6.18 Å². The molecule has 0 saturated carbocycles. The molecule has 2 aromatic heterocycles. The molecule has 0 aliphatic rings. The van der Waals surface area contributed by atoms with E-state index in [-0.39, 0.29) is 15.4 Å². The van der Waals surface area contributed by atoms with Gasteiger partial charge in [-0.25, -0.2) is 18.2 Å². The van der Waals surface area contributed by atoms with Crippen LogP contribution >= 0.6 is 11.3 Å². The molecule has 11 heteroatoms. The number of nitrogen functional groups attached to an aromatic ring is 1. The summed E-state index contributed by atoms with van der Waals surface area (Å²) in [5, 5.41) is 1.52. The van der Waals surface area contributed by atoms with Gasteiger partial charge < -0.3 is 11.1 Å². The first-order valence-electron chi connectivity index (χ1n) is 7.22. The molecule has 0 fully saturated rings. The molecule has 0 spiro atoms. The summed E-state index contributed by atoms with van der Waals surface area (Å²) in [6.45, 7) is 1.35. The first-order chi connectivity index (χ1) is 12.5. The molecule has 0 aliphatic carbocycles. The second-order valence-corrected chi connectivity index (χ2v) is 6.51. The van der Waals surface area contributed by atoms with Crippen molar-refractivity contribution in [1.82, 2.24) is 4.98 Å². The predicted octanol–water partition coefficient (Wildman–Crippen LogP) is 4.88. The van der Waals surface area contributed by atoms with Crippen molar-refractivity contribution in [1.29, 1.82) is 0 Å². The number of aryl methyl sites for hydroxylation is 1. The molecule has 3 N–H and O–H groups in total. The number of amides is 1. The van der Waals surface area contributed by atoms with E-state index in [1.54, 1.807) is 0 Å². The van der Waals surface area contributed by atoms with Crippen LogP contribution in [0.25, 0.3) is 10.2 Å². The Balaban J connectivity index is 2.09. The minimum Gasteiger partial charge on any atom is -0.397 e. The van der Waals surface area contributed by atoms with E-state index >= 15 is 0 Å². The van der Waals surface area contributed by atoms with Gasteiger partial charge in [0, 0.05) is 11.1 Å². The van der Waals surface area contributed by atoms with Crippen LogP contribution in [-0.4, -0.2) is 10.9 Å². The van der Waals surface area contributed by atoms with Gasteiger partial charge in [0.2, 0.25) is 0 Å². The van der Waals surface area contributed by atoms with Crippen molar-refractivity contribution in [2.24, 2.45) is 0 Å². The Bertz CT molecular complexity index is 1080. The molecule has 3 rings (SSSR count). The fraction of sp³-hybridized carbons (Fsp3) is 0.125. The van der Waals surface area contributed by atoms with Crippen molar-refractivity contribution in [2.75, 3.05) is 11.1 Å². The van der Waals surface area contributed by atoms with Gasteiger partial charge in [0.15, 0.2) is 17.5 Å². The van der Waals surface area contributed by atoms with Crippen molar-refractivity contribution in [3.05, 3.63) is 51.8 Å². The van der Waals surface area contributed by atoms with Crippen LogP contribution in [0, 0.1) is 24.4 Å². The third kappa shape index (κ3) is 3.29. The number of carbonyl (C=O) groups is 1. The van der Waals surface area contributed by atoms with E-state index in [2.05, 4.69) is 4.98 Å². The van der Waals surface area contributed by atoms with Gasteiger partial charge in [-0.1, -0.05) is 0 Å². The lowest BCUT2D eigenvalue weighted by Crippen LogP contribution is -2.14. The lowest BCUT2D eigenvalue weighted by Gasteiger charge is -2.10. The Hall–Kier alpha value is -2.82. The van der Waals surface area contributed by atoms with Crippen molar-refractivity contribution < 1.29 is 31.1 Å². The first kappa shape index (κ1) is 19.0. The number of rotatable bonds is 2. The largest absolute Gasteiger partial charge is 0.417 e. The summed E-state index contributed by atoms with van der Waals surface area (Å²) >= 11 is 0.570. The van der Waals surface area contributed by atoms with Crippen molar-refractivity contribution in [3.63, 3.8) is 0 Å². The number of alkyl halides is 3. The van der Waals surface area contributed by atoms with Crippen LogP contribution < -0.4 is 11.1 Å². The minimum atomic E-state index is -4.74. The molecule has 1 aromatic carbocycles. The molecule has 2 heterocycles. The number of pyridine rings is 1. The summed E-state index contributed by atoms with van der Waals surface area (Å²) in [4.78, 5) is 15.8. The Kier molecular flexibility index (Phi) is 4.50. The molecule has 27 heavy (non-hydrogen) atoms. The maximum absolute atomic E-state index is 13.7. The van der Waals surface area contributed by atoms with Gasteiger partial charge in [-0.15, -0.1) is 11.3 Å². The maximum Gasteiger partial charge on any atom is 0.417 e. The summed E-state index contributed by atoms with van der Waals surface area (Å²) in [5.74, 6) is -5.98.